The molecule has 0 unspecified atom stereocenters. The summed E-state index contributed by atoms with van der Waals surface area (Å²) in [5.74, 6) is -0.361. The van der Waals surface area contributed by atoms with E-state index in [0.717, 1.165) is 37.7 Å². The monoisotopic (exact) mass is 254 g/mol. The van der Waals surface area contributed by atoms with E-state index in [9.17, 15) is 9.59 Å². The number of aryl methyl sites for hydroxylation is 1. The molecule has 1 aromatic heterocycles. The lowest BCUT2D eigenvalue weighted by Gasteiger charge is -2.15. The van der Waals surface area contributed by atoms with Gasteiger partial charge in [-0.15, -0.1) is 0 Å². The van der Waals surface area contributed by atoms with Gasteiger partial charge in [0.1, 0.15) is 0 Å². The molecule has 6 nitrogen and oxygen atoms in total. The number of rotatable bonds is 3. The summed E-state index contributed by atoms with van der Waals surface area (Å²) in [4.78, 5) is 25.1. The molecule has 1 saturated heterocycles. The first-order valence-corrected chi connectivity index (χ1v) is 6.26. The van der Waals surface area contributed by atoms with Gasteiger partial charge in [0.25, 0.3) is 5.91 Å². The molecule has 1 aliphatic heterocycles. The molecule has 92 valence electrons. The number of aromatic nitrogens is 2. The third-order valence-corrected chi connectivity index (χ3v) is 3.35. The molecule has 1 aromatic rings. The highest BCUT2D eigenvalue weighted by Gasteiger charge is 2.19. The third kappa shape index (κ3) is 2.79. The molecular weight excluding hydrogens is 240 g/mol. The highest BCUT2D eigenvalue weighted by molar-refractivity contribution is 6.99. The molecule has 7 heteroatoms. The molecule has 17 heavy (non-hydrogen) atoms. The summed E-state index contributed by atoms with van der Waals surface area (Å²) in [6, 6.07) is 0. The van der Waals surface area contributed by atoms with Crippen LogP contribution in [0.1, 0.15) is 29.0 Å². The number of carbonyl (C=O) groups is 2. The maximum absolute atomic E-state index is 11.7. The van der Waals surface area contributed by atoms with Gasteiger partial charge in [-0.25, -0.2) is 0 Å². The summed E-state index contributed by atoms with van der Waals surface area (Å²) in [5.41, 5.74) is 0.908. The van der Waals surface area contributed by atoms with E-state index in [1.807, 2.05) is 0 Å². The van der Waals surface area contributed by atoms with Crippen LogP contribution < -0.4 is 5.32 Å². The van der Waals surface area contributed by atoms with Gasteiger partial charge in [-0.05, 0) is 19.8 Å². The average Bonchev–Trinajstić information content (AvgIpc) is 2.95. The molecule has 1 N–H and O–H groups in total. The molecule has 0 saturated carbocycles. The Morgan fingerprint density at radius 1 is 1.35 bits per heavy atom. The van der Waals surface area contributed by atoms with Crippen molar-refractivity contribution >= 4 is 23.5 Å². The second-order valence-electron chi connectivity index (χ2n) is 3.97. The van der Waals surface area contributed by atoms with Gasteiger partial charge < -0.3 is 10.2 Å². The van der Waals surface area contributed by atoms with Crippen LogP contribution >= 0.6 is 11.7 Å². The smallest absolute Gasteiger partial charge is 0.273 e. The van der Waals surface area contributed by atoms with Crippen molar-refractivity contribution in [2.75, 3.05) is 19.6 Å². The van der Waals surface area contributed by atoms with Crippen LogP contribution in [0.25, 0.3) is 0 Å². The number of likely N-dealkylation sites (tertiary alicyclic amines) is 1. The summed E-state index contributed by atoms with van der Waals surface area (Å²) in [6.45, 7) is 3.36. The summed E-state index contributed by atoms with van der Waals surface area (Å²) in [6.07, 6.45) is 2.10. The normalized spacial score (nSPS) is 15.0. The Balaban J connectivity index is 1.84. The van der Waals surface area contributed by atoms with Crippen molar-refractivity contribution < 1.29 is 9.59 Å². The van der Waals surface area contributed by atoms with E-state index in [1.165, 1.54) is 0 Å². The fourth-order valence-electron chi connectivity index (χ4n) is 1.76. The quantitative estimate of drug-likeness (QED) is 0.836. The van der Waals surface area contributed by atoms with Crippen LogP contribution in [0.5, 0.6) is 0 Å². The molecule has 2 amide bonds. The van der Waals surface area contributed by atoms with E-state index in [4.69, 9.17) is 0 Å². The number of hydrogen-bond donors (Lipinski definition) is 1. The van der Waals surface area contributed by atoms with E-state index < -0.39 is 0 Å². The molecule has 2 heterocycles. The van der Waals surface area contributed by atoms with Gasteiger partial charge in [-0.2, -0.15) is 8.75 Å². The first-order valence-electron chi connectivity index (χ1n) is 5.53. The third-order valence-electron chi connectivity index (χ3n) is 2.73. The van der Waals surface area contributed by atoms with Gasteiger partial charge in [0.15, 0.2) is 5.69 Å². The van der Waals surface area contributed by atoms with Crippen molar-refractivity contribution in [1.82, 2.24) is 19.0 Å². The molecule has 1 fully saturated rings. The molecule has 0 aromatic carbocycles. The molecule has 2 rings (SSSR count). The van der Waals surface area contributed by atoms with Crippen molar-refractivity contribution in [3.8, 4) is 0 Å². The lowest BCUT2D eigenvalue weighted by Crippen LogP contribution is -2.38. The average molecular weight is 254 g/mol. The minimum atomic E-state index is -0.330. The highest BCUT2D eigenvalue weighted by Crippen LogP contribution is 2.07. The summed E-state index contributed by atoms with van der Waals surface area (Å²) < 4.78 is 7.80. The second-order valence-corrected chi connectivity index (χ2v) is 4.50. The van der Waals surface area contributed by atoms with Gasteiger partial charge in [0, 0.05) is 13.1 Å². The van der Waals surface area contributed by atoms with Crippen LogP contribution in [0.15, 0.2) is 0 Å². The maximum atomic E-state index is 11.7. The summed E-state index contributed by atoms with van der Waals surface area (Å²) in [7, 11) is 0. The molecule has 0 bridgehead atoms. The van der Waals surface area contributed by atoms with Crippen LogP contribution in [0, 0.1) is 6.92 Å². The molecule has 0 spiro atoms. The fraction of sp³-hybridized carbons (Fsp3) is 0.600. The topological polar surface area (TPSA) is 75.2 Å². The van der Waals surface area contributed by atoms with Crippen LogP contribution in [0.3, 0.4) is 0 Å². The zero-order valence-electron chi connectivity index (χ0n) is 9.60. The molecule has 0 radical (unpaired) electrons. The Hall–Kier alpha value is -1.50. The van der Waals surface area contributed by atoms with E-state index in [1.54, 1.807) is 11.8 Å². The van der Waals surface area contributed by atoms with E-state index >= 15 is 0 Å². The lowest BCUT2D eigenvalue weighted by atomic mass is 10.3. The number of carbonyl (C=O) groups excluding carboxylic acids is 2. The van der Waals surface area contributed by atoms with Gasteiger partial charge in [-0.1, -0.05) is 0 Å². The van der Waals surface area contributed by atoms with Crippen molar-refractivity contribution in [2.45, 2.75) is 19.8 Å². The van der Waals surface area contributed by atoms with Crippen LogP contribution in [0.2, 0.25) is 0 Å². The van der Waals surface area contributed by atoms with E-state index in [0.29, 0.717) is 11.4 Å². The first kappa shape index (κ1) is 12.0. The lowest BCUT2D eigenvalue weighted by molar-refractivity contribution is -0.129. The van der Waals surface area contributed by atoms with E-state index in [2.05, 4.69) is 14.1 Å². The Labute approximate surface area is 103 Å². The zero-order valence-corrected chi connectivity index (χ0v) is 10.4. The minimum Gasteiger partial charge on any atom is -0.342 e. The number of nitrogens with one attached hydrogen (secondary N) is 1. The fourth-order valence-corrected chi connectivity index (χ4v) is 2.30. The van der Waals surface area contributed by atoms with Crippen molar-refractivity contribution in [1.29, 1.82) is 0 Å². The first-order chi connectivity index (χ1) is 8.18. The Kier molecular flexibility index (Phi) is 3.68. The van der Waals surface area contributed by atoms with Crippen LogP contribution in [0.4, 0.5) is 0 Å². The molecule has 1 aliphatic rings. The second kappa shape index (κ2) is 5.22. The summed E-state index contributed by atoms with van der Waals surface area (Å²) in [5, 5.41) is 2.58. The van der Waals surface area contributed by atoms with Crippen molar-refractivity contribution in [3.05, 3.63) is 11.4 Å². The number of hydrogen-bond acceptors (Lipinski definition) is 5. The van der Waals surface area contributed by atoms with Gasteiger partial charge in [0.2, 0.25) is 5.91 Å². The minimum absolute atomic E-state index is 0.0308. The van der Waals surface area contributed by atoms with Crippen molar-refractivity contribution in [3.63, 3.8) is 0 Å². The SMILES string of the molecule is Cc1nsnc1C(=O)NCC(=O)N1CCCC1. The number of nitrogens with zero attached hydrogens (tertiary/aromatic N) is 3. The molecule has 0 aliphatic carbocycles. The zero-order chi connectivity index (χ0) is 12.3. The Bertz CT molecular complexity index is 426. The predicted octanol–water partition coefficient (Wildman–Crippen LogP) is 0.199. The van der Waals surface area contributed by atoms with Crippen LogP contribution in [-0.4, -0.2) is 45.1 Å². The Morgan fingerprint density at radius 2 is 2.06 bits per heavy atom. The van der Waals surface area contributed by atoms with Gasteiger partial charge in [0.05, 0.1) is 24.0 Å². The molecular formula is C10H14N4O2S. The van der Waals surface area contributed by atoms with Gasteiger partial charge >= 0.3 is 0 Å². The molecule has 0 atom stereocenters. The largest absolute Gasteiger partial charge is 0.342 e. The van der Waals surface area contributed by atoms with Crippen LogP contribution in [-0.2, 0) is 4.79 Å². The van der Waals surface area contributed by atoms with E-state index in [-0.39, 0.29) is 18.4 Å². The Morgan fingerprint density at radius 3 is 2.65 bits per heavy atom. The summed E-state index contributed by atoms with van der Waals surface area (Å²) >= 11 is 0.998. The van der Waals surface area contributed by atoms with Gasteiger partial charge in [-0.3, -0.25) is 9.59 Å². The standard InChI is InChI=1S/C10H14N4O2S/c1-7-9(13-17-12-7)10(16)11-6-8(15)14-4-2-3-5-14/h2-6H2,1H3,(H,11,16). The maximum Gasteiger partial charge on any atom is 0.273 e. The number of amides is 2. The highest BCUT2D eigenvalue weighted by atomic mass is 32.1. The predicted molar refractivity (Wildman–Crippen MR) is 62.8 cm³/mol. The van der Waals surface area contributed by atoms with Crippen molar-refractivity contribution in [2.24, 2.45) is 0 Å².